The summed E-state index contributed by atoms with van der Waals surface area (Å²) >= 11 is 6.25. The standard InChI is InChI=1S/C29H30ClF6N3O3S/c30-23-8-4-5-9-24(23)39-25(18-26(37-39)27(40,28(31,32)33)29(34,35)36)21-12-10-19(11-13-21)20-14-16-38(17-15-20)43(41,42)22-6-2-1-3-7-22/h4-5,8-14,22,25,40H,1-3,6-7,15-18H2. The molecule has 6 nitrogen and oxygen atoms in total. The number of alkyl halides is 6. The van der Waals surface area contributed by atoms with E-state index in [1.54, 1.807) is 30.3 Å². The Morgan fingerprint density at radius 1 is 0.907 bits per heavy atom. The van der Waals surface area contributed by atoms with Crippen LogP contribution in [0.5, 0.6) is 0 Å². The van der Waals surface area contributed by atoms with Gasteiger partial charge in [-0.05, 0) is 48.1 Å². The average molecular weight is 650 g/mol. The minimum Gasteiger partial charge on any atom is -0.369 e. The summed E-state index contributed by atoms with van der Waals surface area (Å²) in [5, 5.41) is 14.4. The third kappa shape index (κ3) is 5.93. The summed E-state index contributed by atoms with van der Waals surface area (Å²) in [6.45, 7) is 0.545. The summed E-state index contributed by atoms with van der Waals surface area (Å²) in [4.78, 5) is 0. The molecule has 0 bridgehead atoms. The highest BCUT2D eigenvalue weighted by Crippen LogP contribution is 2.49. The highest BCUT2D eigenvalue weighted by molar-refractivity contribution is 7.89. The molecule has 0 saturated heterocycles. The Balaban J connectivity index is 1.41. The zero-order chi connectivity index (χ0) is 31.2. The van der Waals surface area contributed by atoms with Crippen molar-refractivity contribution in [1.82, 2.24) is 4.31 Å². The van der Waals surface area contributed by atoms with E-state index in [9.17, 15) is 39.9 Å². The lowest BCUT2D eigenvalue weighted by molar-refractivity contribution is -0.338. The predicted molar refractivity (Wildman–Crippen MR) is 152 cm³/mol. The number of hydrogen-bond acceptors (Lipinski definition) is 5. The van der Waals surface area contributed by atoms with Crippen LogP contribution >= 0.6 is 11.6 Å². The Kier molecular flexibility index (Phi) is 8.67. The number of halogens is 7. The van der Waals surface area contributed by atoms with E-state index < -0.39 is 46.2 Å². The molecule has 1 aliphatic carbocycles. The van der Waals surface area contributed by atoms with Crippen molar-refractivity contribution in [2.75, 3.05) is 18.1 Å². The average Bonchev–Trinajstić information content (AvgIpc) is 3.42. The second-order valence-corrected chi connectivity index (χ2v) is 13.7. The van der Waals surface area contributed by atoms with Gasteiger partial charge in [-0.2, -0.15) is 35.7 Å². The number of sulfonamides is 1. The Bertz CT molecular complexity index is 1490. The molecule has 1 N–H and O–H groups in total. The topological polar surface area (TPSA) is 73.2 Å². The van der Waals surface area contributed by atoms with Gasteiger partial charge in [-0.3, -0.25) is 5.01 Å². The van der Waals surface area contributed by atoms with Gasteiger partial charge in [-0.25, -0.2) is 8.42 Å². The maximum Gasteiger partial charge on any atom is 0.431 e. The first-order chi connectivity index (χ1) is 20.1. The van der Waals surface area contributed by atoms with Crippen molar-refractivity contribution in [1.29, 1.82) is 0 Å². The Morgan fingerprint density at radius 2 is 1.53 bits per heavy atom. The van der Waals surface area contributed by atoms with E-state index in [1.807, 2.05) is 6.08 Å². The van der Waals surface area contributed by atoms with Gasteiger partial charge in [-0.1, -0.05) is 73.3 Å². The molecule has 234 valence electrons. The monoisotopic (exact) mass is 649 g/mol. The minimum absolute atomic E-state index is 0.0526. The van der Waals surface area contributed by atoms with Gasteiger partial charge in [-0.15, -0.1) is 0 Å². The van der Waals surface area contributed by atoms with Crippen molar-refractivity contribution in [3.8, 4) is 0 Å². The van der Waals surface area contributed by atoms with Crippen LogP contribution in [0.25, 0.3) is 5.57 Å². The third-order valence-corrected chi connectivity index (χ3v) is 11.1. The zero-order valence-electron chi connectivity index (χ0n) is 22.9. The van der Waals surface area contributed by atoms with Gasteiger partial charge in [0.25, 0.3) is 5.60 Å². The maximum absolute atomic E-state index is 13.7. The van der Waals surface area contributed by atoms with Gasteiger partial charge in [0.15, 0.2) is 0 Å². The van der Waals surface area contributed by atoms with Crippen molar-refractivity contribution in [3.05, 3.63) is 70.8 Å². The number of hydrogen-bond donors (Lipinski definition) is 1. The number of benzene rings is 2. The molecule has 2 aromatic carbocycles. The van der Waals surface area contributed by atoms with Gasteiger partial charge in [0.1, 0.15) is 0 Å². The van der Waals surface area contributed by atoms with E-state index in [1.165, 1.54) is 22.5 Å². The molecular formula is C29H30ClF6N3O3S. The van der Waals surface area contributed by atoms with Crippen LogP contribution in [0.15, 0.2) is 59.7 Å². The predicted octanol–water partition coefficient (Wildman–Crippen LogP) is 7.25. The summed E-state index contributed by atoms with van der Waals surface area (Å²) in [6.07, 6.45) is -6.54. The van der Waals surface area contributed by atoms with Crippen LogP contribution in [0.1, 0.15) is 62.1 Å². The second-order valence-electron chi connectivity index (χ2n) is 11.0. The summed E-state index contributed by atoms with van der Waals surface area (Å²) in [7, 11) is -3.40. The van der Waals surface area contributed by atoms with Gasteiger partial charge in [0.2, 0.25) is 10.0 Å². The summed E-state index contributed by atoms with van der Waals surface area (Å²) in [6, 6.07) is 11.3. The van der Waals surface area contributed by atoms with Crippen LogP contribution in [-0.4, -0.2) is 59.8 Å². The summed E-state index contributed by atoms with van der Waals surface area (Å²) in [5.74, 6) is 0. The van der Waals surface area contributed by atoms with Crippen molar-refractivity contribution in [3.63, 3.8) is 0 Å². The van der Waals surface area contributed by atoms with E-state index in [2.05, 4.69) is 5.10 Å². The summed E-state index contributed by atoms with van der Waals surface area (Å²) in [5.41, 5.74) is -4.57. The normalized spacial score (nSPS) is 21.6. The van der Waals surface area contributed by atoms with Crippen LogP contribution in [-0.2, 0) is 10.0 Å². The molecule has 0 amide bonds. The maximum atomic E-state index is 13.7. The quantitative estimate of drug-likeness (QED) is 0.335. The summed E-state index contributed by atoms with van der Waals surface area (Å²) < 4.78 is 110. The van der Waals surface area contributed by atoms with Crippen molar-refractivity contribution in [2.24, 2.45) is 5.10 Å². The number of rotatable bonds is 6. The van der Waals surface area contributed by atoms with E-state index in [4.69, 9.17) is 11.6 Å². The van der Waals surface area contributed by atoms with Crippen LogP contribution < -0.4 is 5.01 Å². The lowest BCUT2D eigenvalue weighted by Crippen LogP contribution is -2.62. The van der Waals surface area contributed by atoms with Crippen LogP contribution in [0.3, 0.4) is 0 Å². The van der Waals surface area contributed by atoms with Gasteiger partial charge in [0.05, 0.1) is 27.7 Å². The smallest absolute Gasteiger partial charge is 0.369 e. The van der Waals surface area contributed by atoms with E-state index in [0.29, 0.717) is 31.4 Å². The second kappa shape index (κ2) is 11.7. The molecule has 1 fully saturated rings. The van der Waals surface area contributed by atoms with Crippen LogP contribution in [0.2, 0.25) is 5.02 Å². The molecule has 1 saturated carbocycles. The number of para-hydroxylation sites is 1. The lowest BCUT2D eigenvalue weighted by Gasteiger charge is -2.32. The first kappa shape index (κ1) is 31.8. The number of hydrazone groups is 1. The van der Waals surface area contributed by atoms with Gasteiger partial charge in [0, 0.05) is 19.5 Å². The fourth-order valence-electron chi connectivity index (χ4n) is 5.97. The SMILES string of the molecule is O=S(=O)(C1CCCCC1)N1CC=C(c2ccc(C3CC(C(O)(C(F)(F)F)C(F)(F)F)=NN3c3ccccc3Cl)cc2)CC1. The molecule has 2 aromatic rings. The largest absolute Gasteiger partial charge is 0.431 e. The first-order valence-corrected chi connectivity index (χ1v) is 15.8. The molecular weight excluding hydrogens is 620 g/mol. The van der Waals surface area contributed by atoms with Gasteiger partial charge < -0.3 is 5.11 Å². The van der Waals surface area contributed by atoms with E-state index >= 15 is 0 Å². The number of nitrogens with zero attached hydrogens (tertiary/aromatic N) is 3. The third-order valence-electron chi connectivity index (χ3n) is 8.42. The first-order valence-electron chi connectivity index (χ1n) is 13.9. The lowest BCUT2D eigenvalue weighted by atomic mass is 9.89. The molecule has 2 heterocycles. The molecule has 14 heteroatoms. The Morgan fingerprint density at radius 3 is 2.09 bits per heavy atom. The van der Waals surface area contributed by atoms with Crippen molar-refractivity contribution < 1.29 is 39.9 Å². The molecule has 5 rings (SSSR count). The van der Waals surface area contributed by atoms with Gasteiger partial charge >= 0.3 is 12.4 Å². The highest BCUT2D eigenvalue weighted by Gasteiger charge is 2.74. The Hall–Kier alpha value is -2.61. The molecule has 0 aromatic heterocycles. The van der Waals surface area contributed by atoms with E-state index in [0.717, 1.165) is 35.4 Å². The molecule has 0 radical (unpaired) electrons. The van der Waals surface area contributed by atoms with Crippen molar-refractivity contribution in [2.45, 2.75) is 74.2 Å². The molecule has 0 spiro atoms. The number of anilines is 1. The highest BCUT2D eigenvalue weighted by atomic mass is 35.5. The van der Waals surface area contributed by atoms with E-state index in [-0.39, 0.29) is 22.5 Å². The number of aliphatic hydroxyl groups is 1. The minimum atomic E-state index is -6.07. The molecule has 2 aliphatic heterocycles. The Labute approximate surface area is 250 Å². The fraction of sp³-hybridized carbons (Fsp3) is 0.483. The zero-order valence-corrected chi connectivity index (χ0v) is 24.4. The molecule has 1 unspecified atom stereocenters. The molecule has 43 heavy (non-hydrogen) atoms. The molecule has 1 atom stereocenters. The molecule has 3 aliphatic rings. The fourth-order valence-corrected chi connectivity index (χ4v) is 8.17. The van der Waals surface area contributed by atoms with Crippen molar-refractivity contribution >= 4 is 38.6 Å². The van der Waals surface area contributed by atoms with Crippen LogP contribution in [0.4, 0.5) is 32.0 Å². The van der Waals surface area contributed by atoms with Crippen LogP contribution in [0, 0.1) is 0 Å².